The van der Waals surface area contributed by atoms with Gasteiger partial charge in [-0.2, -0.15) is 9.29 Å². The molecule has 0 radical (unpaired) electrons. The number of nitrogens with zero attached hydrogens (tertiary/aromatic N) is 4. The van der Waals surface area contributed by atoms with E-state index in [2.05, 4.69) is 9.97 Å². The zero-order valence-electron chi connectivity index (χ0n) is 16.4. The molecule has 2 atom stereocenters. The van der Waals surface area contributed by atoms with E-state index in [1.807, 2.05) is 0 Å². The second kappa shape index (κ2) is 7.44. The molecule has 1 spiro atoms. The van der Waals surface area contributed by atoms with Crippen molar-refractivity contribution >= 4 is 16.0 Å². The summed E-state index contributed by atoms with van der Waals surface area (Å²) in [5, 5.41) is 0. The van der Waals surface area contributed by atoms with Gasteiger partial charge in [-0.05, 0) is 25.0 Å². The maximum absolute atomic E-state index is 15.6. The third kappa shape index (κ3) is 3.14. The number of piperidine rings is 1. The van der Waals surface area contributed by atoms with Crippen molar-refractivity contribution in [2.75, 3.05) is 37.7 Å². The van der Waals surface area contributed by atoms with E-state index in [0.29, 0.717) is 25.0 Å². The molecule has 10 heteroatoms. The van der Waals surface area contributed by atoms with Gasteiger partial charge >= 0.3 is 0 Å². The number of ether oxygens (including phenoxy) is 2. The molecule has 2 aromatic rings. The molecule has 30 heavy (non-hydrogen) atoms. The van der Waals surface area contributed by atoms with Gasteiger partial charge in [-0.15, -0.1) is 0 Å². The molecule has 0 saturated carbocycles. The molecule has 160 valence electrons. The molecule has 5 rings (SSSR count). The second-order valence-corrected chi connectivity index (χ2v) is 9.56. The van der Waals surface area contributed by atoms with Crippen LogP contribution in [-0.4, -0.2) is 67.4 Å². The van der Waals surface area contributed by atoms with Crippen LogP contribution in [0.15, 0.2) is 41.4 Å². The predicted octanol–water partition coefficient (Wildman–Crippen LogP) is 1.77. The molecule has 1 aromatic heterocycles. The Balaban J connectivity index is 1.39. The number of rotatable bonds is 3. The van der Waals surface area contributed by atoms with Crippen molar-refractivity contribution in [2.45, 2.75) is 36.1 Å². The van der Waals surface area contributed by atoms with E-state index < -0.39 is 21.9 Å². The Kier molecular flexibility index (Phi) is 4.87. The lowest BCUT2D eigenvalue weighted by atomic mass is 9.99. The summed E-state index contributed by atoms with van der Waals surface area (Å²) in [6, 6.07) is 8.09. The van der Waals surface area contributed by atoms with Crippen LogP contribution >= 0.6 is 0 Å². The fraction of sp³-hybridized carbons (Fsp3) is 0.500. The van der Waals surface area contributed by atoms with Gasteiger partial charge in [0.1, 0.15) is 0 Å². The number of sulfonamides is 1. The van der Waals surface area contributed by atoms with Crippen molar-refractivity contribution in [2.24, 2.45) is 0 Å². The highest BCUT2D eigenvalue weighted by Crippen LogP contribution is 2.40. The van der Waals surface area contributed by atoms with Crippen LogP contribution in [0.25, 0.3) is 0 Å². The lowest BCUT2D eigenvalue weighted by molar-refractivity contribution is -0.116. The number of benzene rings is 1. The van der Waals surface area contributed by atoms with E-state index in [-0.39, 0.29) is 31.0 Å². The summed E-state index contributed by atoms with van der Waals surface area (Å²) < 4.78 is 54.5. The summed E-state index contributed by atoms with van der Waals surface area (Å²) >= 11 is 0. The van der Waals surface area contributed by atoms with Crippen LogP contribution in [0.1, 0.15) is 18.4 Å². The minimum absolute atomic E-state index is 0.0560. The van der Waals surface area contributed by atoms with Crippen LogP contribution in [-0.2, 0) is 21.2 Å². The summed E-state index contributed by atoms with van der Waals surface area (Å²) in [4.78, 5) is 10.7. The highest BCUT2D eigenvalue weighted by atomic mass is 32.2. The quantitative estimate of drug-likeness (QED) is 0.728. The number of anilines is 1. The van der Waals surface area contributed by atoms with Crippen LogP contribution in [0, 0.1) is 0 Å². The average Bonchev–Trinajstić information content (AvgIpc) is 3.21. The lowest BCUT2D eigenvalue weighted by Gasteiger charge is -2.45. The fourth-order valence-electron chi connectivity index (χ4n) is 4.38. The number of hydrogen-bond donors (Lipinski definition) is 0. The molecule has 4 heterocycles. The van der Waals surface area contributed by atoms with Gasteiger partial charge in [-0.25, -0.2) is 17.8 Å². The standard InChI is InChI=1S/C20H23FN4O4S/c21-17-14-24(19-22-13-15-5-4-11-28-18(15)23-19)9-8-20(17)25(10-12-29-20)30(26,27)16-6-2-1-3-7-16/h1-3,6-7,13,17H,4-5,8-12,14H2. The number of fused-ring (bicyclic) bond motifs is 1. The maximum atomic E-state index is 15.6. The minimum atomic E-state index is -3.88. The Morgan fingerprint density at radius 3 is 2.80 bits per heavy atom. The molecule has 8 nitrogen and oxygen atoms in total. The van der Waals surface area contributed by atoms with E-state index in [0.717, 1.165) is 18.4 Å². The van der Waals surface area contributed by atoms with Crippen LogP contribution < -0.4 is 9.64 Å². The number of halogens is 1. The molecule has 1 aromatic carbocycles. The monoisotopic (exact) mass is 434 g/mol. The zero-order chi connectivity index (χ0) is 20.8. The second-order valence-electron chi connectivity index (χ2n) is 7.70. The number of aromatic nitrogens is 2. The van der Waals surface area contributed by atoms with Gasteiger partial charge in [-0.1, -0.05) is 18.2 Å². The Bertz CT molecular complexity index is 1040. The molecular formula is C20H23FN4O4S. The Hall–Kier alpha value is -2.30. The van der Waals surface area contributed by atoms with Crippen LogP contribution in [0.2, 0.25) is 0 Å². The van der Waals surface area contributed by atoms with Gasteiger partial charge in [-0.3, -0.25) is 0 Å². The van der Waals surface area contributed by atoms with Gasteiger partial charge in [0.15, 0.2) is 11.9 Å². The van der Waals surface area contributed by atoms with E-state index in [4.69, 9.17) is 9.47 Å². The minimum Gasteiger partial charge on any atom is -0.477 e. The Morgan fingerprint density at radius 1 is 1.17 bits per heavy atom. The van der Waals surface area contributed by atoms with Gasteiger partial charge in [0.2, 0.25) is 21.9 Å². The third-order valence-electron chi connectivity index (χ3n) is 5.93. The largest absolute Gasteiger partial charge is 0.477 e. The van der Waals surface area contributed by atoms with Crippen LogP contribution in [0.4, 0.5) is 10.3 Å². The summed E-state index contributed by atoms with van der Waals surface area (Å²) in [5.41, 5.74) is -0.551. The van der Waals surface area contributed by atoms with Gasteiger partial charge in [0.05, 0.1) is 24.7 Å². The average molecular weight is 434 g/mol. The van der Waals surface area contributed by atoms with Gasteiger partial charge in [0, 0.05) is 31.3 Å². The van der Waals surface area contributed by atoms with Crippen molar-refractivity contribution in [1.29, 1.82) is 0 Å². The first-order chi connectivity index (χ1) is 14.5. The van der Waals surface area contributed by atoms with Crippen LogP contribution in [0.5, 0.6) is 5.88 Å². The lowest BCUT2D eigenvalue weighted by Crippen LogP contribution is -2.62. The molecule has 2 fully saturated rings. The Labute approximate surface area is 174 Å². The molecule has 0 aliphatic carbocycles. The van der Waals surface area contributed by atoms with Crippen molar-refractivity contribution in [3.8, 4) is 5.88 Å². The molecule has 2 unspecified atom stereocenters. The van der Waals surface area contributed by atoms with Crippen LogP contribution in [0.3, 0.4) is 0 Å². The third-order valence-corrected chi connectivity index (χ3v) is 7.87. The van der Waals surface area contributed by atoms with Gasteiger partial charge < -0.3 is 14.4 Å². The van der Waals surface area contributed by atoms with Crippen molar-refractivity contribution < 1.29 is 22.3 Å². The molecular weight excluding hydrogens is 411 g/mol. The first-order valence-corrected chi connectivity index (χ1v) is 11.5. The van der Waals surface area contributed by atoms with Crippen molar-refractivity contribution in [3.63, 3.8) is 0 Å². The summed E-state index contributed by atoms with van der Waals surface area (Å²) in [6.07, 6.45) is 2.16. The molecule has 3 aliphatic heterocycles. The van der Waals surface area contributed by atoms with E-state index in [9.17, 15) is 8.42 Å². The van der Waals surface area contributed by atoms with E-state index in [1.54, 1.807) is 29.3 Å². The molecule has 3 aliphatic rings. The van der Waals surface area contributed by atoms with Crippen molar-refractivity contribution in [3.05, 3.63) is 42.1 Å². The molecule has 0 bridgehead atoms. The first kappa shape index (κ1) is 19.7. The van der Waals surface area contributed by atoms with Crippen molar-refractivity contribution in [1.82, 2.24) is 14.3 Å². The molecule has 2 saturated heterocycles. The summed E-state index contributed by atoms with van der Waals surface area (Å²) in [6.45, 7) is 1.22. The van der Waals surface area contributed by atoms with E-state index >= 15 is 4.39 Å². The molecule has 0 amide bonds. The predicted molar refractivity (Wildman–Crippen MR) is 107 cm³/mol. The normalized spacial score (nSPS) is 27.1. The molecule has 0 N–H and O–H groups in total. The smallest absolute Gasteiger partial charge is 0.245 e. The number of hydrogen-bond acceptors (Lipinski definition) is 7. The number of alkyl halides is 1. The fourth-order valence-corrected chi connectivity index (χ4v) is 6.11. The maximum Gasteiger partial charge on any atom is 0.245 e. The highest BCUT2D eigenvalue weighted by molar-refractivity contribution is 7.89. The first-order valence-electron chi connectivity index (χ1n) is 10.1. The Morgan fingerprint density at radius 2 is 2.00 bits per heavy atom. The number of aryl methyl sites for hydroxylation is 1. The SMILES string of the molecule is O=S(=O)(c1ccccc1)N1CCOC12CCN(c1ncc3c(n1)OCCC3)CC2F. The highest BCUT2D eigenvalue weighted by Gasteiger charge is 2.57. The summed E-state index contributed by atoms with van der Waals surface area (Å²) in [7, 11) is -3.88. The topological polar surface area (TPSA) is 84.9 Å². The van der Waals surface area contributed by atoms with Gasteiger partial charge in [0.25, 0.3) is 0 Å². The zero-order valence-corrected chi connectivity index (χ0v) is 17.2. The summed E-state index contributed by atoms with van der Waals surface area (Å²) in [5.74, 6) is 0.941. The van der Waals surface area contributed by atoms with E-state index in [1.165, 1.54) is 16.4 Å².